The number of hydrogen-bond donors (Lipinski definition) is 1. The van der Waals surface area contributed by atoms with Gasteiger partial charge in [0.25, 0.3) is 11.6 Å². The highest BCUT2D eigenvalue weighted by Gasteiger charge is 2.33. The predicted molar refractivity (Wildman–Crippen MR) is 149 cm³/mol. The zero-order valence-electron chi connectivity index (χ0n) is 22.6. The number of rotatable bonds is 9. The second-order valence-corrected chi connectivity index (χ2v) is 9.38. The first kappa shape index (κ1) is 27.4. The van der Waals surface area contributed by atoms with Gasteiger partial charge in [0.1, 0.15) is 11.9 Å². The summed E-state index contributed by atoms with van der Waals surface area (Å²) in [5, 5.41) is 13.6. The third kappa shape index (κ3) is 6.21. The molecule has 214 valence electrons. The molecule has 0 saturated carbocycles. The number of benzene rings is 2. The summed E-state index contributed by atoms with van der Waals surface area (Å²) in [5.41, 5.74) is 1.70. The molecule has 14 heteroatoms. The Labute approximate surface area is 235 Å². The largest absolute Gasteiger partial charge is 0.481 e. The first-order chi connectivity index (χ1) is 19.8. The number of nitrogens with zero attached hydrogens (tertiary/aromatic N) is 6. The number of methoxy groups -OCH3 is 2. The standard InChI is InChI=1S/C27H29N7O7/c1-39-24-15-23(29-26(30-24)40-2)32-12-10-31(11-13-32)19-6-8-20(9-7-19)33-17-22(41-27(33)36)16-28-25(35)18-4-3-5-21(14-18)34(37)38/h3-9,14-15,22H,10-13,16-17H2,1-2H3,(H,28,35). The van der Waals surface area contributed by atoms with Crippen LogP contribution >= 0.6 is 0 Å². The Bertz CT molecular complexity index is 1410. The van der Waals surface area contributed by atoms with Gasteiger partial charge in [0.15, 0.2) is 0 Å². The molecule has 41 heavy (non-hydrogen) atoms. The van der Waals surface area contributed by atoms with Crippen molar-refractivity contribution in [3.05, 3.63) is 70.3 Å². The van der Waals surface area contributed by atoms with E-state index >= 15 is 0 Å². The molecule has 2 saturated heterocycles. The molecule has 2 fully saturated rings. The van der Waals surface area contributed by atoms with Gasteiger partial charge in [-0.3, -0.25) is 19.8 Å². The molecule has 0 radical (unpaired) electrons. The minimum atomic E-state index is -0.561. The van der Waals surface area contributed by atoms with Gasteiger partial charge in [-0.2, -0.15) is 9.97 Å². The fraction of sp³-hybridized carbons (Fsp3) is 0.333. The number of amides is 2. The number of aromatic nitrogens is 2. The summed E-state index contributed by atoms with van der Waals surface area (Å²) in [5.74, 6) is 0.704. The van der Waals surface area contributed by atoms with Crippen molar-refractivity contribution < 1.29 is 28.7 Å². The van der Waals surface area contributed by atoms with Crippen LogP contribution in [-0.4, -0.2) is 86.5 Å². The third-order valence-corrected chi connectivity index (χ3v) is 6.87. The Balaban J connectivity index is 1.14. The van der Waals surface area contributed by atoms with Crippen molar-refractivity contribution in [2.75, 3.05) is 68.2 Å². The van der Waals surface area contributed by atoms with Crippen LogP contribution in [0.25, 0.3) is 0 Å². The number of nitrogens with one attached hydrogen (secondary N) is 1. The second-order valence-electron chi connectivity index (χ2n) is 9.38. The van der Waals surface area contributed by atoms with Gasteiger partial charge in [-0.25, -0.2) is 4.79 Å². The average Bonchev–Trinajstić information content (AvgIpc) is 3.39. The number of piperazine rings is 1. The molecule has 1 aromatic heterocycles. The molecule has 2 aliphatic rings. The summed E-state index contributed by atoms with van der Waals surface area (Å²) in [6.07, 6.45) is -1.06. The quantitative estimate of drug-likeness (QED) is 0.302. The summed E-state index contributed by atoms with van der Waals surface area (Å²) in [4.78, 5) is 49.9. The molecule has 2 aliphatic heterocycles. The third-order valence-electron chi connectivity index (χ3n) is 6.87. The topological polar surface area (TPSA) is 152 Å². The Kier molecular flexibility index (Phi) is 7.99. The van der Waals surface area contributed by atoms with Crippen molar-refractivity contribution >= 4 is 34.9 Å². The van der Waals surface area contributed by atoms with Gasteiger partial charge in [0.2, 0.25) is 5.88 Å². The van der Waals surface area contributed by atoms with E-state index in [-0.39, 0.29) is 30.4 Å². The minimum Gasteiger partial charge on any atom is -0.481 e. The maximum Gasteiger partial charge on any atom is 0.414 e. The lowest BCUT2D eigenvalue weighted by molar-refractivity contribution is -0.384. The van der Waals surface area contributed by atoms with Gasteiger partial charge in [-0.15, -0.1) is 0 Å². The zero-order chi connectivity index (χ0) is 28.9. The molecule has 3 aromatic rings. The Morgan fingerprint density at radius 3 is 2.41 bits per heavy atom. The fourth-order valence-corrected chi connectivity index (χ4v) is 4.70. The molecule has 1 atom stereocenters. The number of ether oxygens (including phenoxy) is 3. The minimum absolute atomic E-state index is 0.0796. The number of anilines is 3. The Morgan fingerprint density at radius 1 is 1.02 bits per heavy atom. The normalized spacial score (nSPS) is 16.8. The maximum absolute atomic E-state index is 12.5. The number of non-ortho nitro benzene ring substituents is 1. The Hall–Kier alpha value is -5.14. The van der Waals surface area contributed by atoms with Crippen molar-refractivity contribution in [3.8, 4) is 11.9 Å². The zero-order valence-corrected chi connectivity index (χ0v) is 22.6. The monoisotopic (exact) mass is 563 g/mol. The molecular weight excluding hydrogens is 534 g/mol. The van der Waals surface area contributed by atoms with Crippen molar-refractivity contribution in [2.24, 2.45) is 0 Å². The number of hydrogen-bond acceptors (Lipinski definition) is 11. The van der Waals surface area contributed by atoms with Crippen LogP contribution < -0.4 is 29.5 Å². The van der Waals surface area contributed by atoms with E-state index in [2.05, 4.69) is 25.1 Å². The summed E-state index contributed by atoms with van der Waals surface area (Å²) in [6.45, 7) is 3.37. The van der Waals surface area contributed by atoms with Crippen LogP contribution in [0.4, 0.5) is 27.7 Å². The van der Waals surface area contributed by atoms with E-state index in [0.29, 0.717) is 11.6 Å². The molecule has 2 amide bonds. The summed E-state index contributed by atoms with van der Waals surface area (Å²) in [7, 11) is 3.07. The lowest BCUT2D eigenvalue weighted by atomic mass is 10.2. The highest BCUT2D eigenvalue weighted by Crippen LogP contribution is 2.27. The van der Waals surface area contributed by atoms with Crippen LogP contribution in [0.1, 0.15) is 10.4 Å². The Morgan fingerprint density at radius 2 is 1.73 bits per heavy atom. The molecule has 0 aliphatic carbocycles. The first-order valence-corrected chi connectivity index (χ1v) is 12.9. The molecule has 14 nitrogen and oxygen atoms in total. The lowest BCUT2D eigenvalue weighted by Gasteiger charge is -2.36. The van der Waals surface area contributed by atoms with E-state index in [0.717, 1.165) is 37.7 Å². The second kappa shape index (κ2) is 11.9. The molecule has 2 aromatic carbocycles. The highest BCUT2D eigenvalue weighted by atomic mass is 16.6. The van der Waals surface area contributed by atoms with Crippen LogP contribution in [0.3, 0.4) is 0 Å². The van der Waals surface area contributed by atoms with E-state index < -0.39 is 23.0 Å². The van der Waals surface area contributed by atoms with E-state index in [1.54, 1.807) is 13.2 Å². The van der Waals surface area contributed by atoms with E-state index in [4.69, 9.17) is 14.2 Å². The van der Waals surface area contributed by atoms with Crippen LogP contribution in [0, 0.1) is 10.1 Å². The van der Waals surface area contributed by atoms with Crippen molar-refractivity contribution in [1.29, 1.82) is 0 Å². The number of nitro groups is 1. The van der Waals surface area contributed by atoms with Crippen LogP contribution in [0.2, 0.25) is 0 Å². The maximum atomic E-state index is 12.5. The smallest absolute Gasteiger partial charge is 0.414 e. The van der Waals surface area contributed by atoms with Gasteiger partial charge in [0.05, 0.1) is 32.2 Å². The molecule has 0 bridgehead atoms. The lowest BCUT2D eigenvalue weighted by Crippen LogP contribution is -2.46. The van der Waals surface area contributed by atoms with Crippen LogP contribution in [0.15, 0.2) is 54.6 Å². The van der Waals surface area contributed by atoms with Crippen molar-refractivity contribution in [3.63, 3.8) is 0 Å². The highest BCUT2D eigenvalue weighted by molar-refractivity contribution is 5.95. The molecule has 5 rings (SSSR count). The summed E-state index contributed by atoms with van der Waals surface area (Å²) < 4.78 is 15.9. The van der Waals surface area contributed by atoms with Crippen LogP contribution in [-0.2, 0) is 4.74 Å². The van der Waals surface area contributed by atoms with Gasteiger partial charge < -0.3 is 29.3 Å². The summed E-state index contributed by atoms with van der Waals surface area (Å²) >= 11 is 0. The first-order valence-electron chi connectivity index (χ1n) is 12.9. The number of carbonyl (C=O) groups excluding carboxylic acids is 2. The average molecular weight is 564 g/mol. The van der Waals surface area contributed by atoms with Crippen LogP contribution in [0.5, 0.6) is 11.9 Å². The van der Waals surface area contributed by atoms with E-state index in [1.165, 1.54) is 36.3 Å². The number of nitro benzene ring substituents is 1. The SMILES string of the molecule is COc1cc(N2CCN(c3ccc(N4CC(CNC(=O)c5cccc([N+](=O)[O-])c5)OC4=O)cc3)CC2)nc(OC)n1. The molecule has 0 spiro atoms. The van der Waals surface area contributed by atoms with E-state index in [1.807, 2.05) is 24.3 Å². The molecular formula is C27H29N7O7. The predicted octanol–water partition coefficient (Wildman–Crippen LogP) is 2.48. The summed E-state index contributed by atoms with van der Waals surface area (Å²) in [6, 6.07) is 15.2. The fourth-order valence-electron chi connectivity index (χ4n) is 4.70. The number of carbonyl (C=O) groups is 2. The van der Waals surface area contributed by atoms with E-state index in [9.17, 15) is 19.7 Å². The van der Waals surface area contributed by atoms with Gasteiger partial charge in [-0.1, -0.05) is 6.07 Å². The van der Waals surface area contributed by atoms with Crippen molar-refractivity contribution in [2.45, 2.75) is 6.10 Å². The van der Waals surface area contributed by atoms with Gasteiger partial charge in [0, 0.05) is 61.3 Å². The van der Waals surface area contributed by atoms with Gasteiger partial charge in [-0.05, 0) is 30.3 Å². The number of cyclic esters (lactones) is 1. The van der Waals surface area contributed by atoms with Crippen molar-refractivity contribution in [1.82, 2.24) is 15.3 Å². The molecule has 1 unspecified atom stereocenters. The molecule has 1 N–H and O–H groups in total. The van der Waals surface area contributed by atoms with Gasteiger partial charge >= 0.3 is 12.1 Å². The molecule has 3 heterocycles.